The van der Waals surface area contributed by atoms with Gasteiger partial charge < -0.3 is 14.2 Å². The Morgan fingerprint density at radius 3 is 2.70 bits per heavy atom. The van der Waals surface area contributed by atoms with Gasteiger partial charge in [0.1, 0.15) is 17.0 Å². The molecule has 5 nitrogen and oxygen atoms in total. The molecule has 3 aromatic carbocycles. The molecule has 0 bridgehead atoms. The summed E-state index contributed by atoms with van der Waals surface area (Å²) in [5.74, 6) is 1.74. The van der Waals surface area contributed by atoms with Crippen molar-refractivity contribution in [3.05, 3.63) is 100 Å². The van der Waals surface area contributed by atoms with E-state index < -0.39 is 0 Å². The Kier molecular flexibility index (Phi) is 7.17. The van der Waals surface area contributed by atoms with Crippen LogP contribution < -0.4 is 5.32 Å². The molecule has 37 heavy (non-hydrogen) atoms. The van der Waals surface area contributed by atoms with Crippen LogP contribution in [0, 0.1) is 0 Å². The molecule has 7 heteroatoms. The predicted octanol–water partition coefficient (Wildman–Crippen LogP) is 9.23. The molecule has 0 aliphatic heterocycles. The number of carbonyl (C=O) groups is 1. The highest BCUT2D eigenvalue weighted by molar-refractivity contribution is 6.43. The maximum Gasteiger partial charge on any atom is 0.248 e. The monoisotopic (exact) mass is 530 g/mol. The minimum atomic E-state index is -0.299. The average Bonchev–Trinajstić information content (AvgIpc) is 3.55. The van der Waals surface area contributed by atoms with Crippen LogP contribution in [-0.4, -0.2) is 10.9 Å². The number of hydrogen-bond acceptors (Lipinski definition) is 4. The molecule has 186 valence electrons. The number of carbonyl (C=O) groups excluding carboxylic acids is 1. The van der Waals surface area contributed by atoms with Gasteiger partial charge in [-0.25, -0.2) is 4.98 Å². The summed E-state index contributed by atoms with van der Waals surface area (Å²) in [6.45, 7) is 4.36. The van der Waals surface area contributed by atoms with E-state index in [2.05, 4.69) is 36.3 Å². The number of halogens is 2. The number of amides is 1. The summed E-state index contributed by atoms with van der Waals surface area (Å²) in [6, 6.07) is 22.4. The molecule has 5 rings (SSSR count). The molecule has 0 saturated heterocycles. The fourth-order valence-corrected chi connectivity index (χ4v) is 4.36. The van der Waals surface area contributed by atoms with E-state index in [1.54, 1.807) is 30.3 Å². The van der Waals surface area contributed by atoms with E-state index in [0.29, 0.717) is 44.6 Å². The smallest absolute Gasteiger partial charge is 0.248 e. The van der Waals surface area contributed by atoms with Gasteiger partial charge in [-0.05, 0) is 78.6 Å². The van der Waals surface area contributed by atoms with E-state index in [1.165, 1.54) is 11.6 Å². The lowest BCUT2D eigenvalue weighted by Crippen LogP contribution is -2.07. The highest BCUT2D eigenvalue weighted by atomic mass is 35.5. The molecular formula is C30H24Cl2N2O3. The number of hydrogen-bond donors (Lipinski definition) is 1. The van der Waals surface area contributed by atoms with Gasteiger partial charge in [0.05, 0.1) is 10.0 Å². The first-order valence-electron chi connectivity index (χ1n) is 12.0. The molecule has 2 heterocycles. The van der Waals surface area contributed by atoms with Crippen LogP contribution in [0.4, 0.5) is 5.69 Å². The first kappa shape index (κ1) is 24.9. The average molecular weight is 531 g/mol. The quantitative estimate of drug-likeness (QED) is 0.213. The summed E-state index contributed by atoms with van der Waals surface area (Å²) < 4.78 is 11.8. The van der Waals surface area contributed by atoms with Crippen molar-refractivity contribution in [1.82, 2.24) is 4.98 Å². The highest BCUT2D eigenvalue weighted by Gasteiger charge is 2.13. The van der Waals surface area contributed by atoms with Gasteiger partial charge in [0, 0.05) is 22.9 Å². The first-order chi connectivity index (χ1) is 17.9. The third-order valence-corrected chi connectivity index (χ3v) is 7.03. The lowest BCUT2D eigenvalue weighted by atomic mass is 9.98. The Morgan fingerprint density at radius 2 is 1.86 bits per heavy atom. The van der Waals surface area contributed by atoms with Gasteiger partial charge in [0.15, 0.2) is 5.58 Å². The zero-order chi connectivity index (χ0) is 25.9. The van der Waals surface area contributed by atoms with Gasteiger partial charge in [-0.1, -0.05) is 55.2 Å². The Morgan fingerprint density at radius 1 is 1.03 bits per heavy atom. The number of aromatic nitrogens is 1. The van der Waals surface area contributed by atoms with E-state index in [1.807, 2.05) is 36.4 Å². The summed E-state index contributed by atoms with van der Waals surface area (Å²) in [6.07, 6.45) is 4.06. The van der Waals surface area contributed by atoms with Gasteiger partial charge in [-0.3, -0.25) is 4.79 Å². The molecule has 2 aromatic heterocycles. The summed E-state index contributed by atoms with van der Waals surface area (Å²) >= 11 is 12.4. The lowest BCUT2D eigenvalue weighted by molar-refractivity contribution is -0.111. The Balaban J connectivity index is 1.29. The number of nitrogens with zero attached hydrogens (tertiary/aromatic N) is 1. The van der Waals surface area contributed by atoms with Crippen LogP contribution in [-0.2, 0) is 4.79 Å². The number of anilines is 1. The molecule has 0 aliphatic rings. The van der Waals surface area contributed by atoms with Crippen molar-refractivity contribution in [1.29, 1.82) is 0 Å². The second kappa shape index (κ2) is 10.7. The Bertz CT molecular complexity index is 1620. The molecule has 5 aromatic rings. The number of furan rings is 1. The summed E-state index contributed by atoms with van der Waals surface area (Å²) in [5.41, 5.74) is 4.88. The standard InChI is InChI=1S/C30H24Cl2N2O3/c1-3-18(2)19-10-13-27-25(17-19)34-30(37-27)20-6-4-7-21(16-20)33-28(35)15-12-22-11-14-26(36-22)23-8-5-9-24(31)29(23)32/h4-18H,3H2,1-2H3,(H,33,35). The predicted molar refractivity (Wildman–Crippen MR) is 150 cm³/mol. The lowest BCUT2D eigenvalue weighted by Gasteiger charge is -2.07. The van der Waals surface area contributed by atoms with Crippen LogP contribution in [0.25, 0.3) is 40.0 Å². The van der Waals surface area contributed by atoms with Gasteiger partial charge in [0.2, 0.25) is 11.8 Å². The second-order valence-corrected chi connectivity index (χ2v) is 9.55. The van der Waals surface area contributed by atoms with Crippen molar-refractivity contribution in [2.75, 3.05) is 5.32 Å². The van der Waals surface area contributed by atoms with Crippen LogP contribution >= 0.6 is 23.2 Å². The van der Waals surface area contributed by atoms with Crippen molar-refractivity contribution in [2.24, 2.45) is 0 Å². The minimum Gasteiger partial charge on any atom is -0.457 e. The highest BCUT2D eigenvalue weighted by Crippen LogP contribution is 2.34. The van der Waals surface area contributed by atoms with E-state index in [0.717, 1.165) is 23.1 Å². The van der Waals surface area contributed by atoms with E-state index in [-0.39, 0.29) is 5.91 Å². The van der Waals surface area contributed by atoms with Gasteiger partial charge in [-0.15, -0.1) is 0 Å². The third-order valence-electron chi connectivity index (χ3n) is 6.21. The topological polar surface area (TPSA) is 68.3 Å². The number of fused-ring (bicyclic) bond motifs is 1. The second-order valence-electron chi connectivity index (χ2n) is 8.76. The molecule has 0 radical (unpaired) electrons. The van der Waals surface area contributed by atoms with Crippen molar-refractivity contribution in [2.45, 2.75) is 26.2 Å². The maximum atomic E-state index is 12.6. The fraction of sp³-hybridized carbons (Fsp3) is 0.133. The van der Waals surface area contributed by atoms with E-state index in [4.69, 9.17) is 32.0 Å². The Labute approximate surface area is 224 Å². The van der Waals surface area contributed by atoms with Crippen LogP contribution in [0.3, 0.4) is 0 Å². The van der Waals surface area contributed by atoms with Crippen LogP contribution in [0.1, 0.15) is 37.5 Å². The van der Waals surface area contributed by atoms with Crippen LogP contribution in [0.2, 0.25) is 10.0 Å². The SMILES string of the molecule is CCC(C)c1ccc2oc(-c3cccc(NC(=O)C=Cc4ccc(-c5cccc(Cl)c5Cl)o4)c3)nc2c1. The molecule has 0 spiro atoms. The number of nitrogens with one attached hydrogen (secondary N) is 1. The molecule has 0 aliphatic carbocycles. The van der Waals surface area contributed by atoms with E-state index >= 15 is 0 Å². The zero-order valence-electron chi connectivity index (χ0n) is 20.3. The third kappa shape index (κ3) is 5.48. The minimum absolute atomic E-state index is 0.299. The molecule has 1 unspecified atom stereocenters. The maximum absolute atomic E-state index is 12.6. The van der Waals surface area contributed by atoms with Crippen molar-refractivity contribution < 1.29 is 13.6 Å². The number of rotatable bonds is 7. The Hall–Kier alpha value is -3.80. The van der Waals surface area contributed by atoms with Crippen molar-refractivity contribution in [3.63, 3.8) is 0 Å². The van der Waals surface area contributed by atoms with Crippen LogP contribution in [0.5, 0.6) is 0 Å². The van der Waals surface area contributed by atoms with Crippen molar-refractivity contribution in [3.8, 4) is 22.8 Å². The summed E-state index contributed by atoms with van der Waals surface area (Å²) in [7, 11) is 0. The molecule has 1 N–H and O–H groups in total. The number of benzene rings is 3. The fourth-order valence-electron chi connectivity index (χ4n) is 3.96. The van der Waals surface area contributed by atoms with Gasteiger partial charge >= 0.3 is 0 Å². The summed E-state index contributed by atoms with van der Waals surface area (Å²) in [4.78, 5) is 17.2. The van der Waals surface area contributed by atoms with Crippen LogP contribution in [0.15, 0.2) is 87.7 Å². The van der Waals surface area contributed by atoms with Gasteiger partial charge in [-0.2, -0.15) is 0 Å². The first-order valence-corrected chi connectivity index (χ1v) is 12.7. The molecule has 0 saturated carbocycles. The molecule has 1 atom stereocenters. The normalized spacial score (nSPS) is 12.3. The molecular weight excluding hydrogens is 507 g/mol. The molecule has 0 fully saturated rings. The largest absolute Gasteiger partial charge is 0.457 e. The molecule has 1 amide bonds. The number of oxazole rings is 1. The summed E-state index contributed by atoms with van der Waals surface area (Å²) in [5, 5.41) is 3.73. The van der Waals surface area contributed by atoms with Crippen molar-refractivity contribution >= 4 is 52.0 Å². The zero-order valence-corrected chi connectivity index (χ0v) is 21.8. The van der Waals surface area contributed by atoms with E-state index in [9.17, 15) is 4.79 Å². The van der Waals surface area contributed by atoms with Gasteiger partial charge in [0.25, 0.3) is 0 Å².